The molecule has 1 aromatic rings. The van der Waals surface area contributed by atoms with Crippen molar-refractivity contribution in [2.24, 2.45) is 5.41 Å². The monoisotopic (exact) mass is 279 g/mol. The molecule has 2 rings (SSSR count). The normalized spacial score (nSPS) is 16.1. The molecule has 1 N–H and O–H groups in total. The van der Waals surface area contributed by atoms with Gasteiger partial charge in [-0.05, 0) is 43.1 Å². The Morgan fingerprint density at radius 3 is 2.63 bits per heavy atom. The van der Waals surface area contributed by atoms with Crippen LogP contribution in [-0.4, -0.2) is 18.3 Å². The molecule has 1 aliphatic carbocycles. The number of alkyl halides is 1. The minimum Gasteiger partial charge on any atom is -0.356 e. The molecule has 104 valence electrons. The van der Waals surface area contributed by atoms with Crippen LogP contribution in [0.2, 0.25) is 0 Å². The highest BCUT2D eigenvalue weighted by molar-refractivity contribution is 6.17. The molecule has 3 heteroatoms. The Morgan fingerprint density at radius 2 is 2.00 bits per heavy atom. The highest BCUT2D eigenvalue weighted by Gasteiger charge is 2.41. The highest BCUT2D eigenvalue weighted by Crippen LogP contribution is 2.48. The topological polar surface area (TPSA) is 29.1 Å². The molecule has 0 aliphatic heterocycles. The largest absolute Gasteiger partial charge is 0.356 e. The maximum Gasteiger partial charge on any atom is 0.220 e. The summed E-state index contributed by atoms with van der Waals surface area (Å²) in [4.78, 5) is 11.8. The van der Waals surface area contributed by atoms with Gasteiger partial charge in [0, 0.05) is 18.8 Å². The molecule has 0 saturated heterocycles. The van der Waals surface area contributed by atoms with Crippen LogP contribution in [0.4, 0.5) is 0 Å². The molecule has 1 fully saturated rings. The van der Waals surface area contributed by atoms with E-state index >= 15 is 0 Å². The number of halogens is 1. The lowest BCUT2D eigenvalue weighted by molar-refractivity contribution is -0.121. The average molecular weight is 280 g/mol. The van der Waals surface area contributed by atoms with Gasteiger partial charge in [-0.1, -0.05) is 30.3 Å². The SMILES string of the molecule is O=C(CCCc1ccccc1)NCC1(CCCl)CC1. The number of hydrogen-bond acceptors (Lipinski definition) is 1. The van der Waals surface area contributed by atoms with E-state index in [0.29, 0.717) is 17.7 Å². The lowest BCUT2D eigenvalue weighted by atomic mass is 10.0. The van der Waals surface area contributed by atoms with Crippen molar-refractivity contribution >= 4 is 17.5 Å². The first-order valence-electron chi connectivity index (χ1n) is 7.11. The van der Waals surface area contributed by atoms with Gasteiger partial charge in [0.2, 0.25) is 5.91 Å². The number of nitrogens with one attached hydrogen (secondary N) is 1. The Morgan fingerprint density at radius 1 is 1.26 bits per heavy atom. The standard InChI is InChI=1S/C16H22ClNO/c17-12-11-16(9-10-16)13-18-15(19)8-4-7-14-5-2-1-3-6-14/h1-3,5-6H,4,7-13H2,(H,18,19). The zero-order chi connectivity index (χ0) is 13.6. The third kappa shape index (κ3) is 4.87. The van der Waals surface area contributed by atoms with Crippen molar-refractivity contribution in [2.75, 3.05) is 12.4 Å². The van der Waals surface area contributed by atoms with Crippen LogP contribution in [0.15, 0.2) is 30.3 Å². The van der Waals surface area contributed by atoms with Crippen molar-refractivity contribution in [3.63, 3.8) is 0 Å². The smallest absolute Gasteiger partial charge is 0.220 e. The van der Waals surface area contributed by atoms with E-state index in [9.17, 15) is 4.79 Å². The second kappa shape index (κ2) is 6.95. The quantitative estimate of drug-likeness (QED) is 0.725. The summed E-state index contributed by atoms with van der Waals surface area (Å²) in [6.07, 6.45) is 5.96. The van der Waals surface area contributed by atoms with E-state index < -0.39 is 0 Å². The summed E-state index contributed by atoms with van der Waals surface area (Å²) in [5, 5.41) is 3.06. The van der Waals surface area contributed by atoms with Gasteiger partial charge in [-0.3, -0.25) is 4.79 Å². The average Bonchev–Trinajstić information content (AvgIpc) is 3.19. The molecule has 0 heterocycles. The Hall–Kier alpha value is -1.02. The molecule has 0 spiro atoms. The number of carbonyl (C=O) groups is 1. The van der Waals surface area contributed by atoms with Crippen molar-refractivity contribution in [1.29, 1.82) is 0 Å². The van der Waals surface area contributed by atoms with Crippen LogP contribution in [-0.2, 0) is 11.2 Å². The number of hydrogen-bond donors (Lipinski definition) is 1. The lowest BCUT2D eigenvalue weighted by Gasteiger charge is -2.14. The van der Waals surface area contributed by atoms with Crippen LogP contribution in [0.25, 0.3) is 0 Å². The second-order valence-electron chi connectivity index (χ2n) is 5.55. The summed E-state index contributed by atoms with van der Waals surface area (Å²) in [5.41, 5.74) is 1.63. The van der Waals surface area contributed by atoms with Crippen LogP contribution >= 0.6 is 11.6 Å². The fraction of sp³-hybridized carbons (Fsp3) is 0.562. The number of carbonyl (C=O) groups excluding carboxylic acids is 1. The van der Waals surface area contributed by atoms with Crippen LogP contribution < -0.4 is 5.32 Å². The number of amides is 1. The van der Waals surface area contributed by atoms with Gasteiger partial charge < -0.3 is 5.32 Å². The maximum atomic E-state index is 11.8. The Bertz CT molecular complexity index is 400. The summed E-state index contributed by atoms with van der Waals surface area (Å²) in [6, 6.07) is 10.3. The molecule has 1 aromatic carbocycles. The van der Waals surface area contributed by atoms with E-state index in [2.05, 4.69) is 17.4 Å². The molecule has 19 heavy (non-hydrogen) atoms. The van der Waals surface area contributed by atoms with Crippen molar-refractivity contribution in [3.05, 3.63) is 35.9 Å². The van der Waals surface area contributed by atoms with E-state index in [4.69, 9.17) is 11.6 Å². The zero-order valence-corrected chi connectivity index (χ0v) is 12.1. The molecule has 2 nitrogen and oxygen atoms in total. The Kier molecular flexibility index (Phi) is 5.26. The van der Waals surface area contributed by atoms with Crippen molar-refractivity contribution in [1.82, 2.24) is 5.32 Å². The van der Waals surface area contributed by atoms with Crippen molar-refractivity contribution < 1.29 is 4.79 Å². The highest BCUT2D eigenvalue weighted by atomic mass is 35.5. The predicted octanol–water partition coefficient (Wildman–Crippen LogP) is 3.53. The summed E-state index contributed by atoms with van der Waals surface area (Å²) in [5.74, 6) is 0.876. The molecule has 0 bridgehead atoms. The van der Waals surface area contributed by atoms with Gasteiger partial charge in [0.15, 0.2) is 0 Å². The first kappa shape index (κ1) is 14.4. The molecule has 1 aliphatic rings. The molecule has 0 radical (unpaired) electrons. The second-order valence-corrected chi connectivity index (χ2v) is 5.93. The first-order valence-corrected chi connectivity index (χ1v) is 7.64. The molecular weight excluding hydrogens is 258 g/mol. The van der Waals surface area contributed by atoms with E-state index in [1.165, 1.54) is 18.4 Å². The van der Waals surface area contributed by atoms with Crippen molar-refractivity contribution in [3.8, 4) is 0 Å². The maximum absolute atomic E-state index is 11.8. The molecule has 0 atom stereocenters. The van der Waals surface area contributed by atoms with Gasteiger partial charge >= 0.3 is 0 Å². The minimum absolute atomic E-state index is 0.178. The fourth-order valence-electron chi connectivity index (χ4n) is 2.36. The summed E-state index contributed by atoms with van der Waals surface area (Å²) in [7, 11) is 0. The van der Waals surface area contributed by atoms with E-state index in [1.807, 2.05) is 18.2 Å². The van der Waals surface area contributed by atoms with Gasteiger partial charge in [0.05, 0.1) is 0 Å². The Balaban J connectivity index is 1.60. The Labute approximate surface area is 120 Å². The zero-order valence-electron chi connectivity index (χ0n) is 11.3. The van der Waals surface area contributed by atoms with Gasteiger partial charge in [-0.2, -0.15) is 0 Å². The number of rotatable bonds is 8. The molecule has 0 aromatic heterocycles. The lowest BCUT2D eigenvalue weighted by Crippen LogP contribution is -2.30. The van der Waals surface area contributed by atoms with E-state index in [0.717, 1.165) is 25.8 Å². The predicted molar refractivity (Wildman–Crippen MR) is 79.4 cm³/mol. The number of aryl methyl sites for hydroxylation is 1. The fourth-order valence-corrected chi connectivity index (χ4v) is 2.77. The summed E-state index contributed by atoms with van der Waals surface area (Å²) < 4.78 is 0. The first-order chi connectivity index (χ1) is 9.24. The van der Waals surface area contributed by atoms with Gasteiger partial charge in [-0.15, -0.1) is 11.6 Å². The van der Waals surface area contributed by atoms with Gasteiger partial charge in [-0.25, -0.2) is 0 Å². The van der Waals surface area contributed by atoms with Crippen LogP contribution in [0.1, 0.15) is 37.7 Å². The van der Waals surface area contributed by atoms with Crippen LogP contribution in [0.5, 0.6) is 0 Å². The van der Waals surface area contributed by atoms with Gasteiger partial charge in [0.25, 0.3) is 0 Å². The molecule has 0 unspecified atom stereocenters. The van der Waals surface area contributed by atoms with Crippen LogP contribution in [0, 0.1) is 5.41 Å². The molecular formula is C16H22ClNO. The van der Waals surface area contributed by atoms with E-state index in [1.54, 1.807) is 0 Å². The summed E-state index contributed by atoms with van der Waals surface area (Å²) >= 11 is 5.78. The van der Waals surface area contributed by atoms with Crippen LogP contribution in [0.3, 0.4) is 0 Å². The number of benzene rings is 1. The molecule has 1 amide bonds. The molecule has 1 saturated carbocycles. The van der Waals surface area contributed by atoms with E-state index in [-0.39, 0.29) is 5.91 Å². The van der Waals surface area contributed by atoms with Gasteiger partial charge in [0.1, 0.15) is 0 Å². The third-order valence-electron chi connectivity index (χ3n) is 3.95. The van der Waals surface area contributed by atoms with Crippen molar-refractivity contribution in [2.45, 2.75) is 38.5 Å². The minimum atomic E-state index is 0.178. The third-order valence-corrected chi connectivity index (χ3v) is 4.14. The summed E-state index contributed by atoms with van der Waals surface area (Å²) in [6.45, 7) is 0.809.